The second-order valence-electron chi connectivity index (χ2n) is 4.51. The molecular formula is C14H15NO3. The van der Waals surface area contributed by atoms with E-state index < -0.39 is 5.97 Å². The molecule has 1 aromatic rings. The molecule has 0 saturated heterocycles. The standard InChI is InChI=1S/C14H15NO3/c1-18-13-10(8-15)6-7-11(12(13)14(16)17)9-4-2-3-5-9/h6-7,9H,2-5H2,1H3,(H,16,17). The Balaban J connectivity index is 2.59. The van der Waals surface area contributed by atoms with Gasteiger partial charge in [0.1, 0.15) is 11.6 Å². The van der Waals surface area contributed by atoms with Gasteiger partial charge in [0, 0.05) is 0 Å². The minimum Gasteiger partial charge on any atom is -0.494 e. The topological polar surface area (TPSA) is 70.3 Å². The van der Waals surface area contributed by atoms with Crippen LogP contribution in [0.25, 0.3) is 0 Å². The van der Waals surface area contributed by atoms with Gasteiger partial charge in [-0.3, -0.25) is 0 Å². The molecule has 4 nitrogen and oxygen atoms in total. The van der Waals surface area contributed by atoms with E-state index in [9.17, 15) is 9.90 Å². The molecule has 0 heterocycles. The summed E-state index contributed by atoms with van der Waals surface area (Å²) in [5, 5.41) is 18.4. The number of ether oxygens (including phenoxy) is 1. The van der Waals surface area contributed by atoms with Crippen LogP contribution in [-0.2, 0) is 0 Å². The molecule has 1 aliphatic rings. The highest BCUT2D eigenvalue weighted by Gasteiger charge is 2.26. The number of carboxylic acid groups (broad SMARTS) is 1. The van der Waals surface area contributed by atoms with Gasteiger partial charge in [-0.2, -0.15) is 5.26 Å². The Morgan fingerprint density at radius 3 is 2.61 bits per heavy atom. The predicted molar refractivity (Wildman–Crippen MR) is 65.9 cm³/mol. The molecule has 4 heteroatoms. The molecular weight excluding hydrogens is 230 g/mol. The zero-order valence-electron chi connectivity index (χ0n) is 10.3. The van der Waals surface area contributed by atoms with Crippen LogP contribution >= 0.6 is 0 Å². The molecule has 2 rings (SSSR count). The Morgan fingerprint density at radius 1 is 1.44 bits per heavy atom. The van der Waals surface area contributed by atoms with Crippen molar-refractivity contribution in [3.05, 3.63) is 28.8 Å². The molecule has 1 fully saturated rings. The van der Waals surface area contributed by atoms with Crippen molar-refractivity contribution in [2.75, 3.05) is 7.11 Å². The smallest absolute Gasteiger partial charge is 0.339 e. The van der Waals surface area contributed by atoms with Crippen LogP contribution in [0.2, 0.25) is 0 Å². The normalized spacial score (nSPS) is 15.3. The van der Waals surface area contributed by atoms with Gasteiger partial charge in [0.25, 0.3) is 0 Å². The molecule has 18 heavy (non-hydrogen) atoms. The number of rotatable bonds is 3. The lowest BCUT2D eigenvalue weighted by molar-refractivity contribution is 0.0691. The summed E-state index contributed by atoms with van der Waals surface area (Å²) in [7, 11) is 1.40. The van der Waals surface area contributed by atoms with E-state index in [1.165, 1.54) is 7.11 Å². The summed E-state index contributed by atoms with van der Waals surface area (Å²) in [5.41, 5.74) is 1.23. The molecule has 1 N–H and O–H groups in total. The Bertz CT molecular complexity index is 511. The quantitative estimate of drug-likeness (QED) is 0.888. The van der Waals surface area contributed by atoms with Crippen molar-refractivity contribution in [2.24, 2.45) is 0 Å². The maximum absolute atomic E-state index is 11.4. The maximum atomic E-state index is 11.4. The number of nitrogens with zero attached hydrogens (tertiary/aromatic N) is 1. The molecule has 0 radical (unpaired) electrons. The number of nitriles is 1. The van der Waals surface area contributed by atoms with Crippen LogP contribution in [0.4, 0.5) is 0 Å². The molecule has 94 valence electrons. The average Bonchev–Trinajstić information content (AvgIpc) is 2.90. The molecule has 0 amide bonds. The molecule has 0 bridgehead atoms. The summed E-state index contributed by atoms with van der Waals surface area (Å²) in [6.45, 7) is 0. The van der Waals surface area contributed by atoms with Crippen LogP contribution in [0.15, 0.2) is 12.1 Å². The summed E-state index contributed by atoms with van der Waals surface area (Å²) in [6, 6.07) is 5.39. The fourth-order valence-electron chi connectivity index (χ4n) is 2.70. The molecule has 0 atom stereocenters. The molecule has 0 spiro atoms. The summed E-state index contributed by atoms with van der Waals surface area (Å²) < 4.78 is 5.13. The lowest BCUT2D eigenvalue weighted by Gasteiger charge is -2.16. The Labute approximate surface area is 106 Å². The zero-order chi connectivity index (χ0) is 13.1. The van der Waals surface area contributed by atoms with E-state index in [-0.39, 0.29) is 22.8 Å². The average molecular weight is 245 g/mol. The number of methoxy groups -OCH3 is 1. The lowest BCUT2D eigenvalue weighted by atomic mass is 9.91. The Kier molecular flexibility index (Phi) is 3.52. The van der Waals surface area contributed by atoms with Crippen molar-refractivity contribution >= 4 is 5.97 Å². The number of carboxylic acids is 1. The van der Waals surface area contributed by atoms with Gasteiger partial charge in [-0.25, -0.2) is 4.79 Å². The highest BCUT2D eigenvalue weighted by Crippen LogP contribution is 2.39. The van der Waals surface area contributed by atoms with E-state index in [0.29, 0.717) is 0 Å². The second-order valence-corrected chi connectivity index (χ2v) is 4.51. The first-order chi connectivity index (χ1) is 8.69. The molecule has 1 saturated carbocycles. The fraction of sp³-hybridized carbons (Fsp3) is 0.429. The third-order valence-electron chi connectivity index (χ3n) is 3.52. The van der Waals surface area contributed by atoms with Gasteiger partial charge in [-0.1, -0.05) is 18.9 Å². The van der Waals surface area contributed by atoms with Gasteiger partial charge in [0.15, 0.2) is 5.75 Å². The van der Waals surface area contributed by atoms with Crippen LogP contribution in [-0.4, -0.2) is 18.2 Å². The van der Waals surface area contributed by atoms with Crippen LogP contribution in [0.3, 0.4) is 0 Å². The van der Waals surface area contributed by atoms with Crippen molar-refractivity contribution in [2.45, 2.75) is 31.6 Å². The van der Waals surface area contributed by atoms with Crippen LogP contribution < -0.4 is 4.74 Å². The number of benzene rings is 1. The first-order valence-corrected chi connectivity index (χ1v) is 6.03. The van der Waals surface area contributed by atoms with Gasteiger partial charge in [0.05, 0.1) is 12.7 Å². The highest BCUT2D eigenvalue weighted by atomic mass is 16.5. The number of hydrogen-bond donors (Lipinski definition) is 1. The van der Waals surface area contributed by atoms with Gasteiger partial charge in [0.2, 0.25) is 0 Å². The number of hydrogen-bond acceptors (Lipinski definition) is 3. The second kappa shape index (κ2) is 5.09. The van der Waals surface area contributed by atoms with Gasteiger partial charge >= 0.3 is 5.97 Å². The minimum absolute atomic E-state index is 0.156. The maximum Gasteiger partial charge on any atom is 0.339 e. The van der Waals surface area contributed by atoms with Crippen molar-refractivity contribution in [3.8, 4) is 11.8 Å². The van der Waals surface area contributed by atoms with Gasteiger partial charge in [-0.05, 0) is 30.4 Å². The minimum atomic E-state index is -1.02. The predicted octanol–water partition coefficient (Wildman–Crippen LogP) is 2.92. The van der Waals surface area contributed by atoms with E-state index in [1.807, 2.05) is 6.07 Å². The van der Waals surface area contributed by atoms with Crippen molar-refractivity contribution in [1.82, 2.24) is 0 Å². The van der Waals surface area contributed by atoms with Crippen molar-refractivity contribution < 1.29 is 14.6 Å². The number of aromatic carboxylic acids is 1. The van der Waals surface area contributed by atoms with Gasteiger partial charge in [-0.15, -0.1) is 0 Å². The van der Waals surface area contributed by atoms with E-state index in [4.69, 9.17) is 10.00 Å². The summed E-state index contributed by atoms with van der Waals surface area (Å²) in [5.74, 6) is -0.557. The van der Waals surface area contributed by atoms with Crippen molar-refractivity contribution in [3.63, 3.8) is 0 Å². The van der Waals surface area contributed by atoms with Crippen LogP contribution in [0, 0.1) is 11.3 Å². The molecule has 0 unspecified atom stereocenters. The highest BCUT2D eigenvalue weighted by molar-refractivity contribution is 5.94. The molecule has 0 aromatic heterocycles. The lowest BCUT2D eigenvalue weighted by Crippen LogP contribution is -2.09. The van der Waals surface area contributed by atoms with E-state index in [2.05, 4.69) is 0 Å². The van der Waals surface area contributed by atoms with Gasteiger partial charge < -0.3 is 9.84 Å². The summed E-state index contributed by atoms with van der Waals surface area (Å²) in [6.07, 6.45) is 4.28. The molecule has 1 aromatic carbocycles. The zero-order valence-corrected chi connectivity index (χ0v) is 10.3. The van der Waals surface area contributed by atoms with E-state index >= 15 is 0 Å². The monoisotopic (exact) mass is 245 g/mol. The van der Waals surface area contributed by atoms with Crippen LogP contribution in [0.5, 0.6) is 5.75 Å². The molecule has 1 aliphatic carbocycles. The number of carbonyl (C=O) groups is 1. The van der Waals surface area contributed by atoms with E-state index in [1.54, 1.807) is 12.1 Å². The summed E-state index contributed by atoms with van der Waals surface area (Å²) in [4.78, 5) is 11.4. The molecule has 0 aliphatic heterocycles. The first kappa shape index (κ1) is 12.4. The Hall–Kier alpha value is -2.02. The van der Waals surface area contributed by atoms with Crippen LogP contribution in [0.1, 0.15) is 53.1 Å². The van der Waals surface area contributed by atoms with E-state index in [0.717, 1.165) is 31.2 Å². The van der Waals surface area contributed by atoms with Crippen molar-refractivity contribution in [1.29, 1.82) is 5.26 Å². The first-order valence-electron chi connectivity index (χ1n) is 6.03. The third-order valence-corrected chi connectivity index (χ3v) is 3.52. The third kappa shape index (κ3) is 2.04. The SMILES string of the molecule is COc1c(C#N)ccc(C2CCCC2)c1C(=O)O. The summed E-state index contributed by atoms with van der Waals surface area (Å²) >= 11 is 0. The fourth-order valence-corrected chi connectivity index (χ4v) is 2.70. The Morgan fingerprint density at radius 2 is 2.11 bits per heavy atom. The largest absolute Gasteiger partial charge is 0.494 e.